The third-order valence-corrected chi connectivity index (χ3v) is 5.88. The Bertz CT molecular complexity index is 1340. The fourth-order valence-electron chi connectivity index (χ4n) is 3.15. The van der Waals surface area contributed by atoms with E-state index in [-0.39, 0.29) is 17.4 Å². The van der Waals surface area contributed by atoms with E-state index < -0.39 is 9.84 Å². The largest absolute Gasteiger partial charge is 0.487 e. The number of aryl methyl sites for hydroxylation is 1. The third-order valence-electron chi connectivity index (χ3n) is 4.77. The molecule has 0 aliphatic carbocycles. The summed E-state index contributed by atoms with van der Waals surface area (Å²) in [5.74, 6) is 0.192. The summed E-state index contributed by atoms with van der Waals surface area (Å²) in [6.45, 7) is 2.05. The number of hydrogen-bond acceptors (Lipinski definition) is 5. The molecule has 0 saturated carbocycles. The molecule has 2 heterocycles. The number of aromatic nitrogens is 2. The van der Waals surface area contributed by atoms with Crippen LogP contribution in [0.5, 0.6) is 5.75 Å². The molecule has 0 atom stereocenters. The number of imidazole rings is 1. The highest BCUT2D eigenvalue weighted by Gasteiger charge is 2.15. The van der Waals surface area contributed by atoms with Gasteiger partial charge < -0.3 is 14.5 Å². The number of anilines is 1. The van der Waals surface area contributed by atoms with Gasteiger partial charge >= 0.3 is 0 Å². The van der Waals surface area contributed by atoms with E-state index in [2.05, 4.69) is 10.3 Å². The highest BCUT2D eigenvalue weighted by molar-refractivity contribution is 7.90. The van der Waals surface area contributed by atoms with Gasteiger partial charge in [0.25, 0.3) is 5.91 Å². The lowest BCUT2D eigenvalue weighted by Gasteiger charge is -2.11. The van der Waals surface area contributed by atoms with Gasteiger partial charge in [0.05, 0.1) is 10.6 Å². The van der Waals surface area contributed by atoms with Crippen LogP contribution in [0.3, 0.4) is 0 Å². The van der Waals surface area contributed by atoms with Gasteiger partial charge in [0.2, 0.25) is 0 Å². The van der Waals surface area contributed by atoms with E-state index in [1.54, 1.807) is 37.3 Å². The van der Waals surface area contributed by atoms with Gasteiger partial charge in [-0.05, 0) is 48.9 Å². The normalized spacial score (nSPS) is 11.4. The molecule has 0 unspecified atom stereocenters. The van der Waals surface area contributed by atoms with Crippen molar-refractivity contribution in [3.05, 3.63) is 89.9 Å². The zero-order valence-corrected chi connectivity index (χ0v) is 17.9. The molecule has 8 heteroatoms. The Morgan fingerprint density at radius 3 is 2.71 bits per heavy atom. The number of nitrogens with zero attached hydrogens (tertiary/aromatic N) is 2. The molecule has 2 aromatic heterocycles. The molecule has 158 valence electrons. The second-order valence-electron chi connectivity index (χ2n) is 7.22. The lowest BCUT2D eigenvalue weighted by atomic mass is 10.1. The summed E-state index contributed by atoms with van der Waals surface area (Å²) in [5, 5.41) is 2.80. The lowest BCUT2D eigenvalue weighted by molar-refractivity contribution is 0.102. The summed E-state index contributed by atoms with van der Waals surface area (Å²) in [7, 11) is -3.41. The monoisotopic (exact) mass is 435 g/mol. The van der Waals surface area contributed by atoms with E-state index >= 15 is 0 Å². The van der Waals surface area contributed by atoms with E-state index in [9.17, 15) is 13.2 Å². The van der Waals surface area contributed by atoms with Crippen LogP contribution in [-0.2, 0) is 16.4 Å². The molecule has 0 aliphatic rings. The van der Waals surface area contributed by atoms with E-state index in [4.69, 9.17) is 4.74 Å². The average Bonchev–Trinajstić information content (AvgIpc) is 3.15. The fourth-order valence-corrected chi connectivity index (χ4v) is 3.80. The number of nitrogens with one attached hydrogen (secondary N) is 1. The standard InChI is InChI=1S/C23H21N3O4S/c1-16-9-10-20(31(2,28)29)13-21(16)23(27)25-17-6-5-7-19(12-17)30-15-18-14-26-11-4-3-8-22(26)24-18/h3-14H,15H2,1-2H3,(H,25,27). The zero-order valence-electron chi connectivity index (χ0n) is 17.1. The minimum absolute atomic E-state index is 0.104. The molecule has 1 N–H and O–H groups in total. The molecule has 4 aromatic rings. The van der Waals surface area contributed by atoms with Gasteiger partial charge in [-0.3, -0.25) is 4.79 Å². The van der Waals surface area contributed by atoms with Crippen molar-refractivity contribution in [1.82, 2.24) is 9.38 Å². The lowest BCUT2D eigenvalue weighted by Crippen LogP contribution is -2.14. The van der Waals surface area contributed by atoms with Crippen molar-refractivity contribution >= 4 is 27.1 Å². The van der Waals surface area contributed by atoms with Crippen LogP contribution in [-0.4, -0.2) is 30.0 Å². The molecule has 0 fully saturated rings. The van der Waals surface area contributed by atoms with E-state index in [1.165, 1.54) is 12.1 Å². The summed E-state index contributed by atoms with van der Waals surface area (Å²) in [6.07, 6.45) is 4.94. The third kappa shape index (κ3) is 4.75. The number of amides is 1. The van der Waals surface area contributed by atoms with Crippen LogP contribution < -0.4 is 10.1 Å². The number of pyridine rings is 1. The first-order valence-corrected chi connectivity index (χ1v) is 11.5. The molecule has 4 rings (SSSR count). The maximum absolute atomic E-state index is 12.7. The molecule has 1 amide bonds. The Kier molecular flexibility index (Phi) is 5.48. The second-order valence-corrected chi connectivity index (χ2v) is 9.23. The minimum atomic E-state index is -3.41. The van der Waals surface area contributed by atoms with Crippen molar-refractivity contribution in [1.29, 1.82) is 0 Å². The van der Waals surface area contributed by atoms with E-state index in [0.29, 0.717) is 22.6 Å². The van der Waals surface area contributed by atoms with Crippen molar-refractivity contribution in [2.45, 2.75) is 18.4 Å². The Morgan fingerprint density at radius 1 is 1.10 bits per heavy atom. The molecule has 2 aromatic carbocycles. The molecular formula is C23H21N3O4S. The van der Waals surface area contributed by atoms with Gasteiger partial charge in [-0.15, -0.1) is 0 Å². The minimum Gasteiger partial charge on any atom is -0.487 e. The Labute approximate surface area is 180 Å². The highest BCUT2D eigenvalue weighted by Crippen LogP contribution is 2.21. The second kappa shape index (κ2) is 8.23. The highest BCUT2D eigenvalue weighted by atomic mass is 32.2. The molecule has 0 saturated heterocycles. The van der Waals surface area contributed by atoms with Crippen LogP contribution in [0.1, 0.15) is 21.6 Å². The van der Waals surface area contributed by atoms with E-state index in [1.807, 2.05) is 35.0 Å². The zero-order chi connectivity index (χ0) is 22.0. The fraction of sp³-hybridized carbons (Fsp3) is 0.130. The molecule has 0 bridgehead atoms. The van der Waals surface area contributed by atoms with Crippen molar-refractivity contribution in [2.24, 2.45) is 0 Å². The van der Waals surface area contributed by atoms with Crippen LogP contribution in [0, 0.1) is 6.92 Å². The summed E-state index contributed by atoms with van der Waals surface area (Å²) < 4.78 is 31.4. The number of sulfone groups is 1. The summed E-state index contributed by atoms with van der Waals surface area (Å²) in [4.78, 5) is 17.3. The number of rotatable bonds is 6. The topological polar surface area (TPSA) is 89.8 Å². The van der Waals surface area contributed by atoms with Crippen molar-refractivity contribution in [3.8, 4) is 5.75 Å². The first-order chi connectivity index (χ1) is 14.8. The molecular weight excluding hydrogens is 414 g/mol. The Morgan fingerprint density at radius 2 is 1.94 bits per heavy atom. The molecule has 7 nitrogen and oxygen atoms in total. The van der Waals surface area contributed by atoms with Gasteiger partial charge in [-0.2, -0.15) is 0 Å². The maximum atomic E-state index is 12.7. The number of fused-ring (bicyclic) bond motifs is 1. The van der Waals surface area contributed by atoms with Crippen LogP contribution in [0.25, 0.3) is 5.65 Å². The quantitative estimate of drug-likeness (QED) is 0.496. The van der Waals surface area contributed by atoms with Gasteiger partial charge in [-0.1, -0.05) is 18.2 Å². The van der Waals surface area contributed by atoms with Gasteiger partial charge in [-0.25, -0.2) is 13.4 Å². The van der Waals surface area contributed by atoms with Gasteiger partial charge in [0.15, 0.2) is 9.84 Å². The van der Waals surface area contributed by atoms with Crippen molar-refractivity contribution in [3.63, 3.8) is 0 Å². The average molecular weight is 436 g/mol. The SMILES string of the molecule is Cc1ccc(S(C)(=O)=O)cc1C(=O)Nc1cccc(OCc2cn3ccccc3n2)c1. The smallest absolute Gasteiger partial charge is 0.255 e. The van der Waals surface area contributed by atoms with Crippen LogP contribution in [0.15, 0.2) is 78.0 Å². The van der Waals surface area contributed by atoms with Crippen molar-refractivity contribution < 1.29 is 17.9 Å². The predicted molar refractivity (Wildman–Crippen MR) is 118 cm³/mol. The number of carbonyl (C=O) groups is 1. The summed E-state index contributed by atoms with van der Waals surface area (Å²) >= 11 is 0. The number of hydrogen-bond donors (Lipinski definition) is 1. The number of carbonyl (C=O) groups excluding carboxylic acids is 1. The number of benzene rings is 2. The number of ether oxygens (including phenoxy) is 1. The summed E-state index contributed by atoms with van der Waals surface area (Å²) in [6, 6.07) is 17.3. The van der Waals surface area contributed by atoms with Crippen LogP contribution >= 0.6 is 0 Å². The molecule has 0 spiro atoms. The predicted octanol–water partition coefficient (Wildman–Crippen LogP) is 3.88. The first-order valence-electron chi connectivity index (χ1n) is 9.57. The molecule has 31 heavy (non-hydrogen) atoms. The maximum Gasteiger partial charge on any atom is 0.255 e. The van der Waals surface area contributed by atoms with E-state index in [0.717, 1.165) is 17.6 Å². The summed E-state index contributed by atoms with van der Waals surface area (Å²) in [5.41, 5.74) is 3.16. The molecule has 0 aliphatic heterocycles. The first kappa shape index (κ1) is 20.6. The van der Waals surface area contributed by atoms with Crippen LogP contribution in [0.4, 0.5) is 5.69 Å². The molecule has 0 radical (unpaired) electrons. The van der Waals surface area contributed by atoms with Crippen LogP contribution in [0.2, 0.25) is 0 Å². The Balaban J connectivity index is 1.47. The Hall–Kier alpha value is -3.65. The van der Waals surface area contributed by atoms with Gasteiger partial charge in [0, 0.05) is 36.0 Å². The van der Waals surface area contributed by atoms with Gasteiger partial charge in [0.1, 0.15) is 18.0 Å². The van der Waals surface area contributed by atoms with Crippen molar-refractivity contribution in [2.75, 3.05) is 11.6 Å².